The first-order valence-electron chi connectivity index (χ1n) is 8.82. The van der Waals surface area contributed by atoms with E-state index in [1.54, 1.807) is 6.20 Å². The quantitative estimate of drug-likeness (QED) is 0.673. The molecule has 0 aliphatic heterocycles. The van der Waals surface area contributed by atoms with Gasteiger partial charge in [-0.15, -0.1) is 11.3 Å². The molecule has 1 saturated carbocycles. The van der Waals surface area contributed by atoms with E-state index >= 15 is 0 Å². The van der Waals surface area contributed by atoms with E-state index in [9.17, 15) is 8.42 Å². The second-order valence-electron chi connectivity index (χ2n) is 6.19. The van der Waals surface area contributed by atoms with E-state index in [-0.39, 0.29) is 4.90 Å². The van der Waals surface area contributed by atoms with Gasteiger partial charge < -0.3 is 4.74 Å². The van der Waals surface area contributed by atoms with Crippen molar-refractivity contribution >= 4 is 21.4 Å². The molecule has 2 aromatic rings. The van der Waals surface area contributed by atoms with Gasteiger partial charge in [0.25, 0.3) is 0 Å². The van der Waals surface area contributed by atoms with E-state index in [0.29, 0.717) is 37.9 Å². The number of hydrogen-bond donors (Lipinski definition) is 1. The van der Waals surface area contributed by atoms with Crippen LogP contribution in [-0.4, -0.2) is 38.0 Å². The summed E-state index contributed by atoms with van der Waals surface area (Å²) < 4.78 is 35.4. The molecule has 0 atom stereocenters. The molecule has 2 heterocycles. The molecule has 1 N–H and O–H groups in total. The Balaban J connectivity index is 1.82. The minimum absolute atomic E-state index is 0.276. The summed E-state index contributed by atoms with van der Waals surface area (Å²) in [6, 6.07) is 4.14. The van der Waals surface area contributed by atoms with Crippen LogP contribution in [-0.2, 0) is 14.8 Å². The normalized spacial score (nSPS) is 15.9. The van der Waals surface area contributed by atoms with Crippen molar-refractivity contribution in [2.75, 3.05) is 19.8 Å². The Morgan fingerprint density at radius 1 is 1.40 bits per heavy atom. The first kappa shape index (κ1) is 18.6. The molecule has 138 valence electrons. The van der Waals surface area contributed by atoms with Crippen molar-refractivity contribution in [3.05, 3.63) is 23.7 Å². The summed E-state index contributed by atoms with van der Waals surface area (Å²) in [5.74, 6) is 0. The molecule has 0 radical (unpaired) electrons. The molecule has 0 amide bonds. The van der Waals surface area contributed by atoms with Crippen LogP contribution in [0, 0.1) is 0 Å². The summed E-state index contributed by atoms with van der Waals surface area (Å²) in [6.07, 6.45) is 6.83. The maximum atomic E-state index is 12.8. The maximum Gasteiger partial charge on any atom is 0.244 e. The van der Waals surface area contributed by atoms with Gasteiger partial charge in [-0.3, -0.25) is 4.68 Å². The van der Waals surface area contributed by atoms with E-state index in [4.69, 9.17) is 4.74 Å². The zero-order valence-electron chi connectivity index (χ0n) is 14.5. The summed E-state index contributed by atoms with van der Waals surface area (Å²) in [5.41, 5.74) is 0.555. The van der Waals surface area contributed by atoms with Crippen LogP contribution in [0.3, 0.4) is 0 Å². The molecule has 1 aliphatic carbocycles. The third kappa shape index (κ3) is 4.49. The van der Waals surface area contributed by atoms with Crippen molar-refractivity contribution in [1.82, 2.24) is 14.5 Å². The molecular weight excluding hydrogens is 358 g/mol. The lowest BCUT2D eigenvalue weighted by Gasteiger charge is -2.08. The number of thiophene rings is 1. The van der Waals surface area contributed by atoms with Gasteiger partial charge in [-0.1, -0.05) is 18.9 Å². The Bertz CT molecular complexity index is 763. The van der Waals surface area contributed by atoms with E-state index in [1.165, 1.54) is 24.2 Å². The van der Waals surface area contributed by atoms with Crippen molar-refractivity contribution < 1.29 is 13.2 Å². The van der Waals surface area contributed by atoms with Crippen LogP contribution in [0.25, 0.3) is 10.6 Å². The maximum absolute atomic E-state index is 12.8. The zero-order valence-corrected chi connectivity index (χ0v) is 16.1. The third-order valence-corrected chi connectivity index (χ3v) is 6.74. The van der Waals surface area contributed by atoms with Gasteiger partial charge in [0.2, 0.25) is 10.0 Å². The summed E-state index contributed by atoms with van der Waals surface area (Å²) in [6.45, 7) is 3.48. The topological polar surface area (TPSA) is 73.2 Å². The molecule has 0 spiro atoms. The van der Waals surface area contributed by atoms with Gasteiger partial charge in [-0.25, -0.2) is 13.1 Å². The van der Waals surface area contributed by atoms with Crippen LogP contribution in [0.4, 0.5) is 0 Å². The fraction of sp³-hybridized carbons (Fsp3) is 0.588. The van der Waals surface area contributed by atoms with Gasteiger partial charge >= 0.3 is 0 Å². The van der Waals surface area contributed by atoms with Crippen LogP contribution in [0.5, 0.6) is 0 Å². The fourth-order valence-electron chi connectivity index (χ4n) is 3.11. The van der Waals surface area contributed by atoms with Gasteiger partial charge in [0.15, 0.2) is 0 Å². The summed E-state index contributed by atoms with van der Waals surface area (Å²) >= 11 is 1.51. The highest BCUT2D eigenvalue weighted by Gasteiger charge is 2.27. The zero-order chi connectivity index (χ0) is 17.7. The SMILES string of the molecule is CCOCCCNS(=O)(=O)c1cn(C2CCCC2)nc1-c1cccs1. The molecule has 0 unspecified atom stereocenters. The fourth-order valence-corrected chi connectivity index (χ4v) is 5.12. The predicted molar refractivity (Wildman–Crippen MR) is 99.3 cm³/mol. The standard InChI is InChI=1S/C17H25N3O3S2/c1-2-23-11-6-10-18-25(21,22)16-13-20(14-7-3-4-8-14)19-17(16)15-9-5-12-24-15/h5,9,12-14,18H,2-4,6-8,10-11H2,1H3. The second-order valence-corrected chi connectivity index (χ2v) is 8.87. The molecule has 25 heavy (non-hydrogen) atoms. The van der Waals surface area contributed by atoms with Gasteiger partial charge in [-0.05, 0) is 37.6 Å². The predicted octanol–water partition coefficient (Wildman–Crippen LogP) is 3.43. The largest absolute Gasteiger partial charge is 0.382 e. The van der Waals surface area contributed by atoms with E-state index in [1.807, 2.05) is 29.1 Å². The van der Waals surface area contributed by atoms with E-state index in [0.717, 1.165) is 17.7 Å². The van der Waals surface area contributed by atoms with Crippen molar-refractivity contribution in [3.8, 4) is 10.6 Å². The number of aromatic nitrogens is 2. The Morgan fingerprint density at radius 2 is 2.20 bits per heavy atom. The monoisotopic (exact) mass is 383 g/mol. The highest BCUT2D eigenvalue weighted by molar-refractivity contribution is 7.89. The first-order valence-corrected chi connectivity index (χ1v) is 11.2. The molecule has 0 bridgehead atoms. The lowest BCUT2D eigenvalue weighted by atomic mass is 10.3. The van der Waals surface area contributed by atoms with E-state index < -0.39 is 10.0 Å². The minimum Gasteiger partial charge on any atom is -0.382 e. The average Bonchev–Trinajstić information content (AvgIpc) is 3.33. The molecule has 0 aromatic carbocycles. The number of sulfonamides is 1. The van der Waals surface area contributed by atoms with Gasteiger partial charge in [0, 0.05) is 26.0 Å². The molecular formula is C17H25N3O3S2. The van der Waals surface area contributed by atoms with Crippen molar-refractivity contribution in [3.63, 3.8) is 0 Å². The number of nitrogens with zero attached hydrogens (tertiary/aromatic N) is 2. The molecule has 1 fully saturated rings. The number of hydrogen-bond acceptors (Lipinski definition) is 5. The van der Waals surface area contributed by atoms with Gasteiger partial charge in [0.1, 0.15) is 10.6 Å². The summed E-state index contributed by atoms with van der Waals surface area (Å²) in [7, 11) is -3.60. The highest BCUT2D eigenvalue weighted by atomic mass is 32.2. The number of ether oxygens (including phenoxy) is 1. The smallest absolute Gasteiger partial charge is 0.244 e. The van der Waals surface area contributed by atoms with Gasteiger partial charge in [0.05, 0.1) is 10.9 Å². The Kier molecular flexibility index (Phi) is 6.27. The molecule has 3 rings (SSSR count). The van der Waals surface area contributed by atoms with Crippen molar-refractivity contribution in [2.24, 2.45) is 0 Å². The highest BCUT2D eigenvalue weighted by Crippen LogP contribution is 2.34. The Morgan fingerprint density at radius 3 is 2.88 bits per heavy atom. The van der Waals surface area contributed by atoms with E-state index in [2.05, 4.69) is 9.82 Å². The van der Waals surface area contributed by atoms with Crippen LogP contribution in [0.2, 0.25) is 0 Å². The molecule has 1 aliphatic rings. The lowest BCUT2D eigenvalue weighted by molar-refractivity contribution is 0.146. The third-order valence-electron chi connectivity index (χ3n) is 4.40. The Labute approximate surface area is 153 Å². The summed E-state index contributed by atoms with van der Waals surface area (Å²) in [4.78, 5) is 1.16. The van der Waals surface area contributed by atoms with Crippen LogP contribution >= 0.6 is 11.3 Å². The number of nitrogens with one attached hydrogen (secondary N) is 1. The molecule has 0 saturated heterocycles. The van der Waals surface area contributed by atoms with Crippen molar-refractivity contribution in [1.29, 1.82) is 0 Å². The summed E-state index contributed by atoms with van der Waals surface area (Å²) in [5, 5.41) is 6.58. The molecule has 6 nitrogen and oxygen atoms in total. The van der Waals surface area contributed by atoms with Gasteiger partial charge in [-0.2, -0.15) is 5.10 Å². The molecule has 2 aromatic heterocycles. The second kappa shape index (κ2) is 8.44. The average molecular weight is 384 g/mol. The minimum atomic E-state index is -3.60. The van der Waals surface area contributed by atoms with Crippen LogP contribution in [0.1, 0.15) is 45.1 Å². The van der Waals surface area contributed by atoms with Crippen LogP contribution < -0.4 is 4.72 Å². The Hall–Kier alpha value is -1.22. The van der Waals surface area contributed by atoms with Crippen molar-refractivity contribution in [2.45, 2.75) is 50.0 Å². The van der Waals surface area contributed by atoms with Crippen LogP contribution in [0.15, 0.2) is 28.6 Å². The molecule has 8 heteroatoms. The number of rotatable bonds is 9. The lowest BCUT2D eigenvalue weighted by Crippen LogP contribution is -2.25. The first-order chi connectivity index (χ1) is 12.1.